The van der Waals surface area contributed by atoms with Crippen molar-refractivity contribution in [1.82, 2.24) is 5.32 Å². The molecule has 0 radical (unpaired) electrons. The third-order valence-electron chi connectivity index (χ3n) is 3.62. The zero-order valence-corrected chi connectivity index (χ0v) is 12.0. The summed E-state index contributed by atoms with van der Waals surface area (Å²) in [5.41, 5.74) is 2.19. The molecule has 0 saturated carbocycles. The van der Waals surface area contributed by atoms with E-state index < -0.39 is 15.8 Å². The fourth-order valence-electron chi connectivity index (χ4n) is 2.48. The summed E-state index contributed by atoms with van der Waals surface area (Å²) in [6.45, 7) is 3.92. The summed E-state index contributed by atoms with van der Waals surface area (Å²) >= 11 is 0. The minimum absolute atomic E-state index is 0.0146. The lowest BCUT2D eigenvalue weighted by Crippen LogP contribution is -2.33. The lowest BCUT2D eigenvalue weighted by atomic mass is 10.0. The zero-order valence-electron chi connectivity index (χ0n) is 11.2. The second kappa shape index (κ2) is 5.33. The van der Waals surface area contributed by atoms with Crippen molar-refractivity contribution in [2.75, 3.05) is 11.5 Å². The summed E-state index contributed by atoms with van der Waals surface area (Å²) in [5.74, 6) is -0.434. The van der Waals surface area contributed by atoms with Gasteiger partial charge in [0.1, 0.15) is 0 Å². The van der Waals surface area contributed by atoms with Crippen molar-refractivity contribution in [3.05, 3.63) is 35.4 Å². The minimum Gasteiger partial charge on any atom is -0.349 e. The van der Waals surface area contributed by atoms with E-state index in [1.807, 2.05) is 38.1 Å². The van der Waals surface area contributed by atoms with Crippen LogP contribution in [0.5, 0.6) is 0 Å². The molecule has 0 unspecified atom stereocenters. The number of amides is 1. The molecule has 0 aliphatic carbocycles. The smallest absolute Gasteiger partial charge is 0.224 e. The monoisotopic (exact) mass is 281 g/mol. The van der Waals surface area contributed by atoms with Crippen LogP contribution in [0.15, 0.2) is 24.3 Å². The van der Waals surface area contributed by atoms with E-state index in [2.05, 4.69) is 5.32 Å². The molecule has 1 heterocycles. The van der Waals surface area contributed by atoms with Crippen molar-refractivity contribution >= 4 is 15.7 Å². The second-order valence-electron chi connectivity index (χ2n) is 5.19. The van der Waals surface area contributed by atoms with Crippen LogP contribution in [0, 0.1) is 12.8 Å². The van der Waals surface area contributed by atoms with E-state index in [4.69, 9.17) is 0 Å². The first-order valence-electron chi connectivity index (χ1n) is 6.45. The maximum absolute atomic E-state index is 12.1. The van der Waals surface area contributed by atoms with Crippen LogP contribution in [0.1, 0.15) is 30.5 Å². The number of rotatable bonds is 3. The number of aryl methyl sites for hydroxylation is 1. The Balaban J connectivity index is 2.02. The highest BCUT2D eigenvalue weighted by atomic mass is 32.2. The Morgan fingerprint density at radius 2 is 2.05 bits per heavy atom. The van der Waals surface area contributed by atoms with Crippen LogP contribution >= 0.6 is 0 Å². The Kier molecular flexibility index (Phi) is 3.94. The van der Waals surface area contributed by atoms with E-state index in [1.165, 1.54) is 0 Å². The molecule has 1 aromatic rings. The predicted octanol–water partition coefficient (Wildman–Crippen LogP) is 1.61. The molecule has 2 atom stereocenters. The molecule has 104 valence electrons. The fourth-order valence-corrected chi connectivity index (χ4v) is 4.22. The van der Waals surface area contributed by atoms with Gasteiger partial charge in [0.2, 0.25) is 5.91 Å². The number of hydrogen-bond donors (Lipinski definition) is 1. The Hall–Kier alpha value is -1.36. The van der Waals surface area contributed by atoms with Crippen LogP contribution in [0.3, 0.4) is 0 Å². The Morgan fingerprint density at radius 1 is 1.37 bits per heavy atom. The zero-order chi connectivity index (χ0) is 14.0. The molecule has 1 saturated heterocycles. The van der Waals surface area contributed by atoms with Gasteiger partial charge in [-0.1, -0.05) is 24.3 Å². The van der Waals surface area contributed by atoms with Gasteiger partial charge in [0.05, 0.1) is 23.5 Å². The molecule has 1 amide bonds. The average Bonchev–Trinajstić information content (AvgIpc) is 2.70. The van der Waals surface area contributed by atoms with Crippen molar-refractivity contribution in [2.45, 2.75) is 26.3 Å². The average molecular weight is 281 g/mol. The highest BCUT2D eigenvalue weighted by Crippen LogP contribution is 2.21. The molecule has 1 aliphatic rings. The molecule has 19 heavy (non-hydrogen) atoms. The van der Waals surface area contributed by atoms with Gasteiger partial charge in [0.25, 0.3) is 0 Å². The number of hydrogen-bond acceptors (Lipinski definition) is 3. The number of benzene rings is 1. The first-order valence-corrected chi connectivity index (χ1v) is 8.27. The van der Waals surface area contributed by atoms with Crippen LogP contribution in [0.2, 0.25) is 0 Å². The molecule has 4 nitrogen and oxygen atoms in total. The molecule has 0 bridgehead atoms. The molecule has 1 aromatic carbocycles. The molecular formula is C14H19NO3S. The van der Waals surface area contributed by atoms with Gasteiger partial charge >= 0.3 is 0 Å². The van der Waals surface area contributed by atoms with Gasteiger partial charge in [-0.05, 0) is 31.4 Å². The maximum atomic E-state index is 12.1. The molecule has 0 spiro atoms. The topological polar surface area (TPSA) is 63.2 Å². The van der Waals surface area contributed by atoms with E-state index >= 15 is 0 Å². The van der Waals surface area contributed by atoms with Crippen LogP contribution in [-0.2, 0) is 14.6 Å². The predicted molar refractivity (Wildman–Crippen MR) is 74.5 cm³/mol. The van der Waals surface area contributed by atoms with Gasteiger partial charge in [-0.2, -0.15) is 0 Å². The summed E-state index contributed by atoms with van der Waals surface area (Å²) in [4.78, 5) is 12.1. The van der Waals surface area contributed by atoms with E-state index in [9.17, 15) is 13.2 Å². The van der Waals surface area contributed by atoms with Gasteiger partial charge in [0, 0.05) is 0 Å². The summed E-state index contributed by atoms with van der Waals surface area (Å²) in [5, 5.41) is 2.91. The minimum atomic E-state index is -3.01. The third kappa shape index (κ3) is 3.35. The quantitative estimate of drug-likeness (QED) is 0.915. The highest BCUT2D eigenvalue weighted by molar-refractivity contribution is 7.91. The van der Waals surface area contributed by atoms with Gasteiger partial charge in [0.15, 0.2) is 9.84 Å². The number of nitrogens with one attached hydrogen (secondary N) is 1. The van der Waals surface area contributed by atoms with Crippen molar-refractivity contribution in [3.63, 3.8) is 0 Å². The number of sulfone groups is 1. The molecule has 0 aromatic heterocycles. The van der Waals surface area contributed by atoms with Crippen LogP contribution in [0.4, 0.5) is 0 Å². The van der Waals surface area contributed by atoms with Crippen molar-refractivity contribution < 1.29 is 13.2 Å². The molecule has 2 rings (SSSR count). The van der Waals surface area contributed by atoms with Crippen LogP contribution in [-0.4, -0.2) is 25.8 Å². The highest BCUT2D eigenvalue weighted by Gasteiger charge is 2.33. The molecular weight excluding hydrogens is 262 g/mol. The summed E-state index contributed by atoms with van der Waals surface area (Å²) in [7, 11) is -3.01. The van der Waals surface area contributed by atoms with Gasteiger partial charge in [-0.15, -0.1) is 0 Å². The van der Waals surface area contributed by atoms with Gasteiger partial charge in [-0.3, -0.25) is 4.79 Å². The number of carbonyl (C=O) groups excluding carboxylic acids is 1. The first kappa shape index (κ1) is 14.1. The van der Waals surface area contributed by atoms with Crippen LogP contribution in [0.25, 0.3) is 0 Å². The normalized spacial score (nSPS) is 22.9. The van der Waals surface area contributed by atoms with Gasteiger partial charge < -0.3 is 5.32 Å². The number of carbonyl (C=O) groups is 1. The lowest BCUT2D eigenvalue weighted by molar-refractivity contribution is -0.124. The maximum Gasteiger partial charge on any atom is 0.224 e. The largest absolute Gasteiger partial charge is 0.349 e. The Bertz CT molecular complexity index is 580. The van der Waals surface area contributed by atoms with Crippen molar-refractivity contribution in [1.29, 1.82) is 0 Å². The fraction of sp³-hybridized carbons (Fsp3) is 0.500. The van der Waals surface area contributed by atoms with E-state index in [1.54, 1.807) is 0 Å². The molecule has 1 N–H and O–H groups in total. The third-order valence-corrected chi connectivity index (χ3v) is 5.38. The molecule has 1 fully saturated rings. The summed E-state index contributed by atoms with van der Waals surface area (Å²) in [6, 6.07) is 7.77. The van der Waals surface area contributed by atoms with Gasteiger partial charge in [-0.25, -0.2) is 8.42 Å². The van der Waals surface area contributed by atoms with Crippen molar-refractivity contribution in [2.24, 2.45) is 5.92 Å². The van der Waals surface area contributed by atoms with E-state index in [0.717, 1.165) is 11.1 Å². The second-order valence-corrected chi connectivity index (χ2v) is 7.42. The standard InChI is InChI=1S/C14H19NO3S/c1-10-5-3-4-6-13(10)11(2)15-14(16)12-7-8-19(17,18)9-12/h3-6,11-12H,7-9H2,1-2H3,(H,15,16)/t11-,12-/m0/s1. The molecule has 5 heteroatoms. The Labute approximate surface area is 114 Å². The lowest BCUT2D eigenvalue weighted by Gasteiger charge is -2.18. The van der Waals surface area contributed by atoms with E-state index in [-0.39, 0.29) is 23.5 Å². The SMILES string of the molecule is Cc1ccccc1[C@H](C)NC(=O)[C@H]1CCS(=O)(=O)C1. The first-order chi connectivity index (χ1) is 8.89. The summed E-state index contributed by atoms with van der Waals surface area (Å²) < 4.78 is 22.8. The summed E-state index contributed by atoms with van der Waals surface area (Å²) in [6.07, 6.45) is 0.439. The van der Waals surface area contributed by atoms with E-state index in [0.29, 0.717) is 6.42 Å². The van der Waals surface area contributed by atoms with Crippen LogP contribution < -0.4 is 5.32 Å². The Morgan fingerprint density at radius 3 is 2.63 bits per heavy atom. The molecule has 1 aliphatic heterocycles. The van der Waals surface area contributed by atoms with Crippen molar-refractivity contribution in [3.8, 4) is 0 Å².